The largest absolute Gasteiger partial charge is 0.497 e. The number of benzene rings is 2. The Kier molecular flexibility index (Phi) is 10.5. The van der Waals surface area contributed by atoms with Crippen molar-refractivity contribution >= 4 is 23.9 Å². The number of nitrogens with one attached hydrogen (secondary N) is 2. The zero-order valence-corrected chi connectivity index (χ0v) is 24.0. The Morgan fingerprint density at radius 1 is 1.07 bits per heavy atom. The van der Waals surface area contributed by atoms with Gasteiger partial charge in [-0.15, -0.1) is 0 Å². The molecule has 0 saturated heterocycles. The third-order valence-corrected chi connectivity index (χ3v) is 6.99. The van der Waals surface area contributed by atoms with E-state index in [1.54, 1.807) is 12.0 Å². The number of aliphatic imine (C=N–C) groups is 1. The molecule has 10 nitrogen and oxygen atoms in total. The number of guanidine groups is 1. The Hall–Kier alpha value is -4.08. The van der Waals surface area contributed by atoms with E-state index in [-0.39, 0.29) is 36.2 Å². The molecule has 1 heterocycles. The molecular weight excluding hydrogens is 510 g/mol. The smallest absolute Gasteiger partial charge is 0.407 e. The molecule has 2 aromatic rings. The predicted octanol–water partition coefficient (Wildman–Crippen LogP) is 3.35. The van der Waals surface area contributed by atoms with Crippen LogP contribution in [-0.4, -0.2) is 61.6 Å². The van der Waals surface area contributed by atoms with Crippen LogP contribution in [0.25, 0.3) is 0 Å². The zero-order chi connectivity index (χ0) is 29.3. The Bertz CT molecular complexity index is 1200. The first-order valence-electron chi connectivity index (χ1n) is 13.6. The molecule has 1 unspecified atom stereocenters. The number of alkyl carbamates (subject to hydrolysis) is 1. The van der Waals surface area contributed by atoms with Gasteiger partial charge in [0.05, 0.1) is 14.2 Å². The van der Waals surface area contributed by atoms with Crippen molar-refractivity contribution < 1.29 is 23.9 Å². The lowest BCUT2D eigenvalue weighted by Gasteiger charge is -2.30. The van der Waals surface area contributed by atoms with Crippen LogP contribution >= 0.6 is 0 Å². The van der Waals surface area contributed by atoms with Crippen molar-refractivity contribution in [3.05, 3.63) is 65.7 Å². The monoisotopic (exact) mass is 551 g/mol. The highest BCUT2D eigenvalue weighted by Gasteiger charge is 2.50. The summed E-state index contributed by atoms with van der Waals surface area (Å²) in [6.45, 7) is 6.42. The Balaban J connectivity index is 1.61. The quantitative estimate of drug-likeness (QED) is 0.327. The summed E-state index contributed by atoms with van der Waals surface area (Å²) in [7, 11) is 2.82. The highest BCUT2D eigenvalue weighted by molar-refractivity contribution is 6.07. The van der Waals surface area contributed by atoms with Gasteiger partial charge >= 0.3 is 6.09 Å². The second-order valence-corrected chi connectivity index (χ2v) is 10.5. The lowest BCUT2D eigenvalue weighted by atomic mass is 9.82. The number of amides is 3. The minimum absolute atomic E-state index is 0.123. The minimum atomic E-state index is -1.03. The Morgan fingerprint density at radius 3 is 2.45 bits per heavy atom. The molecule has 3 amide bonds. The van der Waals surface area contributed by atoms with Crippen molar-refractivity contribution in [2.75, 3.05) is 20.8 Å². The van der Waals surface area contributed by atoms with Gasteiger partial charge in [-0.1, -0.05) is 56.3 Å². The zero-order valence-electron chi connectivity index (χ0n) is 24.0. The second kappa shape index (κ2) is 13.8. The molecule has 0 radical (unpaired) electrons. The van der Waals surface area contributed by atoms with E-state index in [1.807, 2.05) is 61.5 Å². The van der Waals surface area contributed by atoms with E-state index in [0.717, 1.165) is 11.1 Å². The molecule has 216 valence electrons. The molecule has 0 aliphatic carbocycles. The summed E-state index contributed by atoms with van der Waals surface area (Å²) in [5.41, 5.74) is 6.96. The van der Waals surface area contributed by atoms with E-state index in [2.05, 4.69) is 24.5 Å². The lowest BCUT2D eigenvalue weighted by molar-refractivity contribution is -0.133. The van der Waals surface area contributed by atoms with E-state index in [9.17, 15) is 14.4 Å². The average molecular weight is 552 g/mol. The number of hydrogen-bond donors (Lipinski definition) is 3. The summed E-state index contributed by atoms with van der Waals surface area (Å²) in [5, 5.41) is 5.49. The van der Waals surface area contributed by atoms with Crippen molar-refractivity contribution in [1.29, 1.82) is 0 Å². The van der Waals surface area contributed by atoms with E-state index < -0.39 is 17.7 Å². The number of carbonyl (C=O) groups excluding carboxylic acids is 3. The standard InChI is InChI=1S/C30H41N5O5/c1-20(2)19-30(23-13-7-6-8-14-23)27(37)35(28(31)34-30)21(3)11-10-16-32-26(36)25(33-29(38)40-5)18-22-12-9-15-24(17-22)39-4/h6-9,12-15,17,20-21,25H,10-11,16,18-19H2,1-5H3,(H2,31,34)(H,32,36)(H,33,38)/t21?,25-,30+/m0/s1. The maximum Gasteiger partial charge on any atom is 0.407 e. The Morgan fingerprint density at radius 2 is 1.80 bits per heavy atom. The van der Waals surface area contributed by atoms with Crippen molar-refractivity contribution in [2.24, 2.45) is 16.6 Å². The van der Waals surface area contributed by atoms with Crippen LogP contribution in [0.1, 0.15) is 51.2 Å². The normalized spacial score (nSPS) is 18.2. The molecule has 0 fully saturated rings. The first-order valence-corrected chi connectivity index (χ1v) is 13.6. The minimum Gasteiger partial charge on any atom is -0.497 e. The van der Waals surface area contributed by atoms with Crippen molar-refractivity contribution in [2.45, 2.75) is 64.1 Å². The van der Waals surface area contributed by atoms with Gasteiger partial charge in [-0.05, 0) is 55.4 Å². The van der Waals surface area contributed by atoms with Crippen LogP contribution in [0.3, 0.4) is 0 Å². The fraction of sp³-hybridized carbons (Fsp3) is 0.467. The molecular formula is C30H41N5O5. The summed E-state index contributed by atoms with van der Waals surface area (Å²) in [6, 6.07) is 15.8. The van der Waals surface area contributed by atoms with E-state index in [0.29, 0.717) is 31.6 Å². The topological polar surface area (TPSA) is 135 Å². The molecule has 0 bridgehead atoms. The second-order valence-electron chi connectivity index (χ2n) is 10.5. The van der Waals surface area contributed by atoms with E-state index in [4.69, 9.17) is 20.2 Å². The van der Waals surface area contributed by atoms with Gasteiger partial charge < -0.3 is 25.8 Å². The van der Waals surface area contributed by atoms with Gasteiger partial charge in [-0.2, -0.15) is 0 Å². The molecule has 1 aliphatic heterocycles. The molecule has 10 heteroatoms. The van der Waals surface area contributed by atoms with Crippen molar-refractivity contribution in [1.82, 2.24) is 15.5 Å². The summed E-state index contributed by atoms with van der Waals surface area (Å²) in [6.07, 6.45) is 1.32. The van der Waals surface area contributed by atoms with Crippen LogP contribution < -0.4 is 21.1 Å². The Labute approximate surface area is 236 Å². The first-order chi connectivity index (χ1) is 19.1. The van der Waals surface area contributed by atoms with Crippen molar-refractivity contribution in [3.8, 4) is 5.75 Å². The lowest BCUT2D eigenvalue weighted by Crippen LogP contribution is -2.49. The molecule has 1 aliphatic rings. The fourth-order valence-electron chi connectivity index (χ4n) is 5.08. The molecule has 3 rings (SSSR count). The molecule has 3 atom stereocenters. The number of hydrogen-bond acceptors (Lipinski definition) is 7. The molecule has 4 N–H and O–H groups in total. The highest BCUT2D eigenvalue weighted by Crippen LogP contribution is 2.39. The number of methoxy groups -OCH3 is 2. The highest BCUT2D eigenvalue weighted by atomic mass is 16.5. The van der Waals surface area contributed by atoms with Crippen LogP contribution in [0.2, 0.25) is 0 Å². The fourth-order valence-corrected chi connectivity index (χ4v) is 5.08. The molecule has 0 spiro atoms. The summed E-state index contributed by atoms with van der Waals surface area (Å²) in [5.74, 6) is 0.648. The number of carbonyl (C=O) groups is 3. The molecule has 40 heavy (non-hydrogen) atoms. The van der Waals surface area contributed by atoms with Crippen LogP contribution in [0.4, 0.5) is 4.79 Å². The summed E-state index contributed by atoms with van der Waals surface area (Å²) in [4.78, 5) is 45.0. The molecule has 2 aromatic carbocycles. The summed E-state index contributed by atoms with van der Waals surface area (Å²) >= 11 is 0. The molecule has 0 saturated carbocycles. The van der Waals surface area contributed by atoms with Crippen LogP contribution in [-0.2, 0) is 26.3 Å². The SMILES string of the molecule is COC(=O)N[C@@H](Cc1cccc(OC)c1)C(=O)NCCCC(C)N1C(=O)[C@@](CC(C)C)(c2ccccc2)N=C1N. The van der Waals surface area contributed by atoms with Gasteiger partial charge in [-0.25, -0.2) is 9.79 Å². The number of nitrogens with zero attached hydrogens (tertiary/aromatic N) is 2. The van der Waals surface area contributed by atoms with Crippen LogP contribution in [0.15, 0.2) is 59.6 Å². The number of rotatable bonds is 13. The maximum absolute atomic E-state index is 13.8. The van der Waals surface area contributed by atoms with E-state index in [1.165, 1.54) is 7.11 Å². The van der Waals surface area contributed by atoms with Gasteiger partial charge in [0.2, 0.25) is 5.91 Å². The van der Waals surface area contributed by atoms with Crippen LogP contribution in [0, 0.1) is 5.92 Å². The average Bonchev–Trinajstić information content (AvgIpc) is 3.19. The van der Waals surface area contributed by atoms with Gasteiger partial charge in [0.15, 0.2) is 11.5 Å². The maximum atomic E-state index is 13.8. The van der Waals surface area contributed by atoms with Gasteiger partial charge in [0, 0.05) is 19.0 Å². The van der Waals surface area contributed by atoms with E-state index >= 15 is 0 Å². The first kappa shape index (κ1) is 30.5. The third kappa shape index (κ3) is 7.31. The molecule has 0 aromatic heterocycles. The van der Waals surface area contributed by atoms with Gasteiger partial charge in [-0.3, -0.25) is 14.5 Å². The number of nitrogens with two attached hydrogens (primary N) is 1. The third-order valence-electron chi connectivity index (χ3n) is 6.99. The van der Waals surface area contributed by atoms with Gasteiger partial charge in [0.25, 0.3) is 5.91 Å². The van der Waals surface area contributed by atoms with Gasteiger partial charge in [0.1, 0.15) is 11.8 Å². The van der Waals surface area contributed by atoms with Crippen molar-refractivity contribution in [3.63, 3.8) is 0 Å². The summed E-state index contributed by atoms with van der Waals surface area (Å²) < 4.78 is 9.96. The number of ether oxygens (including phenoxy) is 2. The van der Waals surface area contributed by atoms with Crippen LogP contribution in [0.5, 0.6) is 5.75 Å². The predicted molar refractivity (Wildman–Crippen MR) is 154 cm³/mol.